The number of nitrogens with zero attached hydrogens (tertiary/aromatic N) is 2. The van der Waals surface area contributed by atoms with Crippen LogP contribution >= 0.6 is 0 Å². The Balaban J connectivity index is 1.83. The van der Waals surface area contributed by atoms with Crippen LogP contribution in [-0.2, 0) is 0 Å². The van der Waals surface area contributed by atoms with Crippen LogP contribution in [0.4, 0.5) is 5.69 Å². The quantitative estimate of drug-likeness (QED) is 0.760. The molecule has 6 heteroatoms. The van der Waals surface area contributed by atoms with Gasteiger partial charge in [-0.2, -0.15) is 5.10 Å². The predicted molar refractivity (Wildman–Crippen MR) is 101 cm³/mol. The average Bonchev–Trinajstić information content (AvgIpc) is 3.04. The van der Waals surface area contributed by atoms with Gasteiger partial charge in [0.25, 0.3) is 5.91 Å². The number of ether oxygens (including phenoxy) is 2. The van der Waals surface area contributed by atoms with Crippen molar-refractivity contribution in [3.05, 3.63) is 65.5 Å². The summed E-state index contributed by atoms with van der Waals surface area (Å²) in [5, 5.41) is 7.27. The lowest BCUT2D eigenvalue weighted by Gasteiger charge is -2.10. The molecule has 3 rings (SSSR count). The summed E-state index contributed by atoms with van der Waals surface area (Å²) < 4.78 is 12.2. The predicted octanol–water partition coefficient (Wildman–Crippen LogP) is 3.76. The first-order valence-electron chi connectivity index (χ1n) is 8.19. The van der Waals surface area contributed by atoms with Crippen LogP contribution in [-0.4, -0.2) is 29.9 Å². The Kier molecular flexibility index (Phi) is 4.93. The number of benzene rings is 2. The van der Waals surface area contributed by atoms with Crippen molar-refractivity contribution in [2.45, 2.75) is 13.8 Å². The normalized spacial score (nSPS) is 10.5. The molecular formula is C20H21N3O3. The number of methoxy groups -OCH3 is 2. The molecule has 2 aromatic carbocycles. The zero-order valence-corrected chi connectivity index (χ0v) is 15.2. The number of anilines is 1. The minimum Gasteiger partial charge on any atom is -0.493 e. The van der Waals surface area contributed by atoms with Gasteiger partial charge in [-0.25, -0.2) is 4.68 Å². The molecule has 1 aromatic heterocycles. The summed E-state index contributed by atoms with van der Waals surface area (Å²) in [6, 6.07) is 14.9. The Morgan fingerprint density at radius 3 is 2.31 bits per heavy atom. The van der Waals surface area contributed by atoms with E-state index >= 15 is 0 Å². The lowest BCUT2D eigenvalue weighted by atomic mass is 10.2. The fourth-order valence-corrected chi connectivity index (χ4v) is 2.64. The van der Waals surface area contributed by atoms with Crippen LogP contribution in [0.5, 0.6) is 11.5 Å². The SMILES string of the molecule is COc1ccc(NC(=O)c2cc(C)n(-c3ccc(C)cc3)n2)cc1OC. The summed E-state index contributed by atoms with van der Waals surface area (Å²) in [6.45, 7) is 3.95. The molecule has 26 heavy (non-hydrogen) atoms. The van der Waals surface area contributed by atoms with Crippen molar-refractivity contribution in [3.8, 4) is 17.2 Å². The van der Waals surface area contributed by atoms with E-state index in [1.54, 1.807) is 43.2 Å². The highest BCUT2D eigenvalue weighted by Crippen LogP contribution is 2.29. The average molecular weight is 351 g/mol. The highest BCUT2D eigenvalue weighted by molar-refractivity contribution is 6.03. The number of carbonyl (C=O) groups is 1. The number of rotatable bonds is 5. The molecule has 0 bridgehead atoms. The summed E-state index contributed by atoms with van der Waals surface area (Å²) in [5.74, 6) is 0.864. The van der Waals surface area contributed by atoms with Gasteiger partial charge < -0.3 is 14.8 Å². The lowest BCUT2D eigenvalue weighted by molar-refractivity contribution is 0.102. The summed E-state index contributed by atoms with van der Waals surface area (Å²) in [4.78, 5) is 12.6. The van der Waals surface area contributed by atoms with Gasteiger partial charge in [-0.05, 0) is 44.2 Å². The highest BCUT2D eigenvalue weighted by atomic mass is 16.5. The minimum absolute atomic E-state index is 0.286. The van der Waals surface area contributed by atoms with Gasteiger partial charge in [-0.15, -0.1) is 0 Å². The molecule has 0 radical (unpaired) electrons. The number of aryl methyl sites for hydroxylation is 2. The number of amides is 1. The third-order valence-electron chi connectivity index (χ3n) is 4.04. The molecule has 3 aromatic rings. The van der Waals surface area contributed by atoms with Crippen LogP contribution in [0, 0.1) is 13.8 Å². The molecule has 0 aliphatic rings. The summed E-state index contributed by atoms with van der Waals surface area (Å²) in [7, 11) is 3.12. The first-order chi connectivity index (χ1) is 12.5. The fourth-order valence-electron chi connectivity index (χ4n) is 2.64. The maximum absolute atomic E-state index is 12.6. The molecule has 134 valence electrons. The van der Waals surface area contributed by atoms with Crippen molar-refractivity contribution < 1.29 is 14.3 Å². The van der Waals surface area contributed by atoms with E-state index in [0.717, 1.165) is 11.4 Å². The van der Waals surface area contributed by atoms with E-state index in [4.69, 9.17) is 9.47 Å². The maximum Gasteiger partial charge on any atom is 0.276 e. The van der Waals surface area contributed by atoms with E-state index in [9.17, 15) is 4.79 Å². The largest absolute Gasteiger partial charge is 0.493 e. The molecule has 0 saturated carbocycles. The number of carbonyl (C=O) groups excluding carboxylic acids is 1. The molecular weight excluding hydrogens is 330 g/mol. The molecule has 0 aliphatic heterocycles. The first kappa shape index (κ1) is 17.5. The third kappa shape index (κ3) is 3.54. The number of aromatic nitrogens is 2. The highest BCUT2D eigenvalue weighted by Gasteiger charge is 2.14. The van der Waals surface area contributed by atoms with Crippen molar-refractivity contribution >= 4 is 11.6 Å². The second kappa shape index (κ2) is 7.31. The van der Waals surface area contributed by atoms with E-state index in [0.29, 0.717) is 22.9 Å². The monoisotopic (exact) mass is 351 g/mol. The lowest BCUT2D eigenvalue weighted by Crippen LogP contribution is -2.13. The Hall–Kier alpha value is -3.28. The molecule has 1 N–H and O–H groups in total. The van der Waals surface area contributed by atoms with Gasteiger partial charge in [-0.1, -0.05) is 17.7 Å². The molecule has 0 fully saturated rings. The van der Waals surface area contributed by atoms with Crippen molar-refractivity contribution in [2.75, 3.05) is 19.5 Å². The zero-order chi connectivity index (χ0) is 18.7. The van der Waals surface area contributed by atoms with Crippen LogP contribution in [0.1, 0.15) is 21.7 Å². The van der Waals surface area contributed by atoms with E-state index in [2.05, 4.69) is 10.4 Å². The molecule has 0 aliphatic carbocycles. The Bertz CT molecular complexity index is 930. The van der Waals surface area contributed by atoms with Gasteiger partial charge in [0.05, 0.1) is 19.9 Å². The van der Waals surface area contributed by atoms with E-state index in [-0.39, 0.29) is 5.91 Å². The van der Waals surface area contributed by atoms with Crippen molar-refractivity contribution in [2.24, 2.45) is 0 Å². The van der Waals surface area contributed by atoms with Crippen molar-refractivity contribution in [1.29, 1.82) is 0 Å². The van der Waals surface area contributed by atoms with Crippen molar-refractivity contribution in [3.63, 3.8) is 0 Å². The van der Waals surface area contributed by atoms with Crippen LogP contribution in [0.15, 0.2) is 48.5 Å². The second-order valence-corrected chi connectivity index (χ2v) is 5.94. The van der Waals surface area contributed by atoms with Gasteiger partial charge in [0, 0.05) is 17.4 Å². The van der Waals surface area contributed by atoms with Gasteiger partial charge in [0.15, 0.2) is 17.2 Å². The molecule has 6 nitrogen and oxygen atoms in total. The zero-order valence-electron chi connectivity index (χ0n) is 15.2. The van der Waals surface area contributed by atoms with E-state index in [1.807, 2.05) is 38.1 Å². The van der Waals surface area contributed by atoms with Gasteiger partial charge in [-0.3, -0.25) is 4.79 Å². The fraction of sp³-hybridized carbons (Fsp3) is 0.200. The topological polar surface area (TPSA) is 65.4 Å². The Morgan fingerprint density at radius 1 is 0.962 bits per heavy atom. The van der Waals surface area contributed by atoms with Crippen molar-refractivity contribution in [1.82, 2.24) is 9.78 Å². The van der Waals surface area contributed by atoms with Crippen LogP contribution < -0.4 is 14.8 Å². The molecule has 0 atom stereocenters. The van der Waals surface area contributed by atoms with E-state index in [1.165, 1.54) is 5.56 Å². The van der Waals surface area contributed by atoms with Crippen LogP contribution in [0.3, 0.4) is 0 Å². The number of hydrogen-bond acceptors (Lipinski definition) is 4. The van der Waals surface area contributed by atoms with Crippen LogP contribution in [0.2, 0.25) is 0 Å². The Labute approximate surface area is 152 Å². The minimum atomic E-state index is -0.286. The van der Waals surface area contributed by atoms with Gasteiger partial charge in [0.2, 0.25) is 0 Å². The molecule has 0 unspecified atom stereocenters. The standard InChI is InChI=1S/C20H21N3O3/c1-13-5-8-16(9-6-13)23-14(2)11-17(22-23)20(24)21-15-7-10-18(25-3)19(12-15)26-4/h5-12H,1-4H3,(H,21,24). The molecule has 0 saturated heterocycles. The summed E-state index contributed by atoms with van der Waals surface area (Å²) >= 11 is 0. The Morgan fingerprint density at radius 2 is 1.65 bits per heavy atom. The number of hydrogen-bond donors (Lipinski definition) is 1. The van der Waals surface area contributed by atoms with E-state index < -0.39 is 0 Å². The van der Waals surface area contributed by atoms with Gasteiger partial charge in [0.1, 0.15) is 0 Å². The molecule has 1 heterocycles. The number of nitrogens with one attached hydrogen (secondary N) is 1. The maximum atomic E-state index is 12.6. The summed E-state index contributed by atoms with van der Waals surface area (Å²) in [6.07, 6.45) is 0. The molecule has 1 amide bonds. The van der Waals surface area contributed by atoms with Gasteiger partial charge >= 0.3 is 0 Å². The second-order valence-electron chi connectivity index (χ2n) is 5.94. The van der Waals surface area contributed by atoms with Crippen LogP contribution in [0.25, 0.3) is 5.69 Å². The summed E-state index contributed by atoms with van der Waals surface area (Å²) in [5.41, 5.74) is 3.92. The first-order valence-corrected chi connectivity index (χ1v) is 8.19. The third-order valence-corrected chi connectivity index (χ3v) is 4.04. The molecule has 0 spiro atoms. The smallest absolute Gasteiger partial charge is 0.276 e.